The van der Waals surface area contributed by atoms with Gasteiger partial charge >= 0.3 is 0 Å². The predicted molar refractivity (Wildman–Crippen MR) is 42.8 cm³/mol. The molecule has 0 bridgehead atoms. The maximum atomic E-state index is 11.1. The molecule has 0 aromatic rings. The summed E-state index contributed by atoms with van der Waals surface area (Å²) in [6.45, 7) is 2.82. The number of ether oxygens (including phenoxy) is 1. The summed E-state index contributed by atoms with van der Waals surface area (Å²) in [5, 5.41) is 9.37. The SMILES string of the molecule is CCC(C)(O)C(=O)COCC=O. The molecule has 1 N–H and O–H groups in total. The van der Waals surface area contributed by atoms with Crippen molar-refractivity contribution in [3.8, 4) is 0 Å². The Morgan fingerprint density at radius 1 is 1.67 bits per heavy atom. The largest absolute Gasteiger partial charge is 0.382 e. The topological polar surface area (TPSA) is 63.6 Å². The van der Waals surface area contributed by atoms with Gasteiger partial charge in [0.25, 0.3) is 0 Å². The molecule has 0 fully saturated rings. The van der Waals surface area contributed by atoms with E-state index < -0.39 is 11.4 Å². The van der Waals surface area contributed by atoms with Gasteiger partial charge in [-0.15, -0.1) is 0 Å². The third kappa shape index (κ3) is 3.59. The van der Waals surface area contributed by atoms with Crippen LogP contribution in [0.25, 0.3) is 0 Å². The van der Waals surface area contributed by atoms with Gasteiger partial charge in [0, 0.05) is 0 Å². The van der Waals surface area contributed by atoms with Crippen LogP contribution in [0.2, 0.25) is 0 Å². The number of Topliss-reactive ketones (excluding diaryl/α,β-unsaturated/α-hetero) is 1. The van der Waals surface area contributed by atoms with Gasteiger partial charge in [-0.2, -0.15) is 0 Å². The van der Waals surface area contributed by atoms with Gasteiger partial charge in [0.2, 0.25) is 0 Å². The van der Waals surface area contributed by atoms with E-state index in [1.807, 2.05) is 0 Å². The van der Waals surface area contributed by atoms with Gasteiger partial charge in [0.05, 0.1) is 0 Å². The third-order valence-electron chi connectivity index (χ3n) is 1.71. The molecule has 1 unspecified atom stereocenters. The Balaban J connectivity index is 3.79. The van der Waals surface area contributed by atoms with Crippen LogP contribution in [0.15, 0.2) is 0 Å². The van der Waals surface area contributed by atoms with Crippen molar-refractivity contribution < 1.29 is 19.4 Å². The zero-order valence-corrected chi connectivity index (χ0v) is 7.37. The summed E-state index contributed by atoms with van der Waals surface area (Å²) in [5.74, 6) is -0.396. The van der Waals surface area contributed by atoms with Crippen molar-refractivity contribution in [3.05, 3.63) is 0 Å². The lowest BCUT2D eigenvalue weighted by molar-refractivity contribution is -0.141. The maximum Gasteiger partial charge on any atom is 0.189 e. The minimum absolute atomic E-state index is 0.106. The van der Waals surface area contributed by atoms with E-state index >= 15 is 0 Å². The average molecular weight is 174 g/mol. The molecule has 0 spiro atoms. The molecular formula is C8H14O4. The van der Waals surface area contributed by atoms with Crippen LogP contribution in [0, 0.1) is 0 Å². The second kappa shape index (κ2) is 5.00. The average Bonchev–Trinajstić information content (AvgIpc) is 2.05. The van der Waals surface area contributed by atoms with E-state index in [4.69, 9.17) is 0 Å². The molecular weight excluding hydrogens is 160 g/mol. The number of ketones is 1. The fourth-order valence-electron chi connectivity index (χ4n) is 0.552. The summed E-state index contributed by atoms with van der Waals surface area (Å²) < 4.78 is 4.66. The van der Waals surface area contributed by atoms with Crippen LogP contribution < -0.4 is 0 Å². The summed E-state index contributed by atoms with van der Waals surface area (Å²) in [4.78, 5) is 20.9. The number of hydrogen-bond donors (Lipinski definition) is 1. The molecule has 0 saturated heterocycles. The summed E-state index contributed by atoms with van der Waals surface area (Å²) in [7, 11) is 0. The van der Waals surface area contributed by atoms with Crippen molar-refractivity contribution in [2.75, 3.05) is 13.2 Å². The molecule has 4 nitrogen and oxygen atoms in total. The first-order chi connectivity index (χ1) is 5.54. The highest BCUT2D eigenvalue weighted by Crippen LogP contribution is 2.09. The molecule has 12 heavy (non-hydrogen) atoms. The van der Waals surface area contributed by atoms with E-state index in [1.165, 1.54) is 6.92 Å². The molecule has 0 amide bonds. The standard InChI is InChI=1S/C8H14O4/c1-3-8(2,11)7(10)6-12-5-4-9/h4,11H,3,5-6H2,1-2H3. The fraction of sp³-hybridized carbons (Fsp3) is 0.750. The normalized spacial score (nSPS) is 15.2. The molecule has 0 aliphatic carbocycles. The van der Waals surface area contributed by atoms with Gasteiger partial charge in [0.1, 0.15) is 25.1 Å². The predicted octanol–water partition coefficient (Wildman–Crippen LogP) is -0.0680. The molecule has 0 saturated carbocycles. The summed E-state index contributed by atoms with van der Waals surface area (Å²) >= 11 is 0. The second-order valence-electron chi connectivity index (χ2n) is 2.73. The van der Waals surface area contributed by atoms with Crippen molar-refractivity contribution in [2.24, 2.45) is 0 Å². The summed E-state index contributed by atoms with van der Waals surface area (Å²) in [6, 6.07) is 0. The Labute approximate surface area is 71.5 Å². The van der Waals surface area contributed by atoms with Gasteiger partial charge in [-0.05, 0) is 13.3 Å². The van der Waals surface area contributed by atoms with Crippen LogP contribution in [0.5, 0.6) is 0 Å². The Hall–Kier alpha value is -0.740. The molecule has 0 heterocycles. The van der Waals surface area contributed by atoms with E-state index in [2.05, 4.69) is 4.74 Å². The minimum atomic E-state index is -1.33. The van der Waals surface area contributed by atoms with Gasteiger partial charge < -0.3 is 14.6 Å². The van der Waals surface area contributed by atoms with E-state index in [-0.39, 0.29) is 13.2 Å². The number of hydrogen-bond acceptors (Lipinski definition) is 4. The number of rotatable bonds is 6. The molecule has 0 radical (unpaired) electrons. The van der Waals surface area contributed by atoms with Crippen molar-refractivity contribution >= 4 is 12.1 Å². The summed E-state index contributed by atoms with van der Waals surface area (Å²) in [6.07, 6.45) is 0.907. The zero-order chi connectivity index (χ0) is 9.61. The van der Waals surface area contributed by atoms with Crippen LogP contribution in [0.1, 0.15) is 20.3 Å². The van der Waals surface area contributed by atoms with Gasteiger partial charge in [-0.3, -0.25) is 4.79 Å². The van der Waals surface area contributed by atoms with E-state index in [1.54, 1.807) is 6.92 Å². The molecule has 0 aromatic carbocycles. The van der Waals surface area contributed by atoms with E-state index in [9.17, 15) is 14.7 Å². The third-order valence-corrected chi connectivity index (χ3v) is 1.71. The van der Waals surface area contributed by atoms with Crippen LogP contribution in [-0.2, 0) is 14.3 Å². The monoisotopic (exact) mass is 174 g/mol. The van der Waals surface area contributed by atoms with Crippen molar-refractivity contribution in [1.29, 1.82) is 0 Å². The number of aliphatic hydroxyl groups is 1. The fourth-order valence-corrected chi connectivity index (χ4v) is 0.552. The first-order valence-electron chi connectivity index (χ1n) is 3.81. The van der Waals surface area contributed by atoms with Crippen molar-refractivity contribution in [1.82, 2.24) is 0 Å². The first kappa shape index (κ1) is 11.3. The van der Waals surface area contributed by atoms with Crippen LogP contribution in [0.4, 0.5) is 0 Å². The lowest BCUT2D eigenvalue weighted by atomic mass is 9.99. The molecule has 70 valence electrons. The molecule has 4 heteroatoms. The van der Waals surface area contributed by atoms with Gasteiger partial charge in [-0.1, -0.05) is 6.92 Å². The lowest BCUT2D eigenvalue weighted by Crippen LogP contribution is -2.37. The second-order valence-corrected chi connectivity index (χ2v) is 2.73. The zero-order valence-electron chi connectivity index (χ0n) is 7.37. The van der Waals surface area contributed by atoms with Crippen LogP contribution in [-0.4, -0.2) is 36.0 Å². The first-order valence-corrected chi connectivity index (χ1v) is 3.81. The Bertz CT molecular complexity index is 162. The van der Waals surface area contributed by atoms with Crippen molar-refractivity contribution in [3.63, 3.8) is 0 Å². The smallest absolute Gasteiger partial charge is 0.189 e. The highest BCUT2D eigenvalue weighted by molar-refractivity contribution is 5.87. The number of aldehydes is 1. The molecule has 0 rings (SSSR count). The highest BCUT2D eigenvalue weighted by atomic mass is 16.5. The Morgan fingerprint density at radius 2 is 2.25 bits per heavy atom. The van der Waals surface area contributed by atoms with E-state index in [0.717, 1.165) is 0 Å². The van der Waals surface area contributed by atoms with Gasteiger partial charge in [0.15, 0.2) is 5.78 Å². The quantitative estimate of drug-likeness (QED) is 0.452. The number of carbonyl (C=O) groups is 2. The molecule has 0 aromatic heterocycles. The molecule has 1 atom stereocenters. The Kier molecular flexibility index (Phi) is 4.70. The van der Waals surface area contributed by atoms with E-state index in [0.29, 0.717) is 12.7 Å². The molecule has 0 aliphatic rings. The van der Waals surface area contributed by atoms with Crippen molar-refractivity contribution in [2.45, 2.75) is 25.9 Å². The van der Waals surface area contributed by atoms with Gasteiger partial charge in [-0.25, -0.2) is 0 Å². The van der Waals surface area contributed by atoms with Crippen LogP contribution >= 0.6 is 0 Å². The van der Waals surface area contributed by atoms with Crippen LogP contribution in [0.3, 0.4) is 0 Å². The molecule has 0 aliphatic heterocycles. The maximum absolute atomic E-state index is 11.1. The lowest BCUT2D eigenvalue weighted by Gasteiger charge is -2.18. The summed E-state index contributed by atoms with van der Waals surface area (Å²) in [5.41, 5.74) is -1.33. The number of carbonyl (C=O) groups excluding carboxylic acids is 2. The minimum Gasteiger partial charge on any atom is -0.382 e. The highest BCUT2D eigenvalue weighted by Gasteiger charge is 2.27. The Morgan fingerprint density at radius 3 is 2.67 bits per heavy atom.